The Hall–Kier alpha value is -3.31. The lowest BCUT2D eigenvalue weighted by Gasteiger charge is -2.12. The molecule has 3 aromatic carbocycles. The number of fused-ring (bicyclic) bond motifs is 2. The number of nitrogens with one attached hydrogen (secondary N) is 1. The zero-order valence-electron chi connectivity index (χ0n) is 16.4. The highest BCUT2D eigenvalue weighted by Crippen LogP contribution is 2.39. The summed E-state index contributed by atoms with van der Waals surface area (Å²) in [5.41, 5.74) is 9.95. The van der Waals surface area contributed by atoms with Crippen molar-refractivity contribution in [3.8, 4) is 17.0 Å². The van der Waals surface area contributed by atoms with Crippen LogP contribution in [0.4, 0.5) is 0 Å². The number of hydrogen-bond acceptors (Lipinski definition) is 3. The summed E-state index contributed by atoms with van der Waals surface area (Å²) in [5, 5.41) is 12.6. The number of methoxy groups -OCH3 is 1. The van der Waals surface area contributed by atoms with Gasteiger partial charge in [0.2, 0.25) is 0 Å². The van der Waals surface area contributed by atoms with Gasteiger partial charge >= 0.3 is 5.97 Å². The summed E-state index contributed by atoms with van der Waals surface area (Å²) >= 11 is 0. The third-order valence-electron chi connectivity index (χ3n) is 5.37. The molecule has 0 bridgehead atoms. The molecule has 1 heterocycles. The summed E-state index contributed by atoms with van der Waals surface area (Å²) in [7, 11) is 1.67. The second-order valence-corrected chi connectivity index (χ2v) is 7.19. The number of aromatic nitrogens is 1. The zero-order chi connectivity index (χ0) is 20.4. The van der Waals surface area contributed by atoms with Gasteiger partial charge in [-0.25, -0.2) is 4.79 Å². The average Bonchev–Trinajstić information content (AvgIpc) is 3.10. The number of aromatic amines is 1. The Morgan fingerprint density at radius 2 is 1.83 bits per heavy atom. The summed E-state index contributed by atoms with van der Waals surface area (Å²) < 4.78 is 5.71. The Kier molecular flexibility index (Phi) is 5.23. The normalized spacial score (nSPS) is 11.2. The number of carbonyl (C=O) groups is 1. The van der Waals surface area contributed by atoms with Crippen molar-refractivity contribution in [3.05, 3.63) is 65.7 Å². The van der Waals surface area contributed by atoms with Gasteiger partial charge < -0.3 is 20.6 Å². The fourth-order valence-electron chi connectivity index (χ4n) is 3.90. The van der Waals surface area contributed by atoms with Crippen LogP contribution >= 0.6 is 0 Å². The SMILES string of the molecule is COc1cc2ccccc2cc1-c1[nH]c2ccc(C(=O)O)cc2c1CCCCN. The average molecular weight is 388 g/mol. The van der Waals surface area contributed by atoms with Gasteiger partial charge in [-0.3, -0.25) is 0 Å². The van der Waals surface area contributed by atoms with Crippen LogP contribution in [0.25, 0.3) is 32.9 Å². The number of aromatic carboxylic acids is 1. The lowest BCUT2D eigenvalue weighted by Crippen LogP contribution is -2.00. The minimum absolute atomic E-state index is 0.286. The van der Waals surface area contributed by atoms with Crippen LogP contribution in [-0.2, 0) is 6.42 Å². The number of H-pyrrole nitrogens is 1. The molecule has 5 nitrogen and oxygen atoms in total. The molecule has 0 aliphatic heterocycles. The molecule has 0 saturated carbocycles. The van der Waals surface area contributed by atoms with Crippen LogP contribution in [0.1, 0.15) is 28.8 Å². The summed E-state index contributed by atoms with van der Waals surface area (Å²) in [6.07, 6.45) is 2.66. The van der Waals surface area contributed by atoms with E-state index < -0.39 is 5.97 Å². The first-order valence-corrected chi connectivity index (χ1v) is 9.77. The number of carboxylic acids is 1. The van der Waals surface area contributed by atoms with Crippen LogP contribution in [0.2, 0.25) is 0 Å². The predicted octanol–water partition coefficient (Wildman–Crippen LogP) is 4.98. The van der Waals surface area contributed by atoms with E-state index in [9.17, 15) is 9.90 Å². The fourth-order valence-corrected chi connectivity index (χ4v) is 3.90. The maximum absolute atomic E-state index is 11.5. The van der Waals surface area contributed by atoms with Gasteiger partial charge in [-0.05, 0) is 72.5 Å². The molecule has 0 amide bonds. The van der Waals surface area contributed by atoms with E-state index in [0.717, 1.165) is 63.5 Å². The Labute approximate surface area is 169 Å². The van der Waals surface area contributed by atoms with Gasteiger partial charge in [0, 0.05) is 16.5 Å². The van der Waals surface area contributed by atoms with Gasteiger partial charge in [0.05, 0.1) is 18.4 Å². The van der Waals surface area contributed by atoms with E-state index in [2.05, 4.69) is 23.2 Å². The van der Waals surface area contributed by atoms with E-state index in [1.807, 2.05) is 24.3 Å². The minimum Gasteiger partial charge on any atom is -0.496 e. The van der Waals surface area contributed by atoms with Gasteiger partial charge in [0.25, 0.3) is 0 Å². The van der Waals surface area contributed by atoms with Gasteiger partial charge in [-0.2, -0.15) is 0 Å². The standard InChI is InChI=1S/C24H24N2O3/c1-29-22-14-16-7-3-2-6-15(16)12-20(22)23-18(8-4-5-11-25)19-13-17(24(27)28)9-10-21(19)26-23/h2-3,6-7,9-10,12-14,26H,4-5,8,11,25H2,1H3,(H,27,28). The predicted molar refractivity (Wildman–Crippen MR) is 117 cm³/mol. The van der Waals surface area contributed by atoms with Crippen LogP contribution in [0.15, 0.2) is 54.6 Å². The van der Waals surface area contributed by atoms with Crippen molar-refractivity contribution in [2.45, 2.75) is 19.3 Å². The van der Waals surface area contributed by atoms with Crippen molar-refractivity contribution in [2.75, 3.05) is 13.7 Å². The molecule has 0 radical (unpaired) electrons. The first kappa shape index (κ1) is 19.0. The highest BCUT2D eigenvalue weighted by atomic mass is 16.5. The zero-order valence-corrected chi connectivity index (χ0v) is 16.4. The third kappa shape index (κ3) is 3.57. The molecule has 5 heteroatoms. The number of hydrogen-bond donors (Lipinski definition) is 3. The highest BCUT2D eigenvalue weighted by molar-refractivity contribution is 5.99. The molecule has 0 fully saturated rings. The number of benzene rings is 3. The lowest BCUT2D eigenvalue weighted by molar-refractivity contribution is 0.0697. The Morgan fingerprint density at radius 1 is 1.07 bits per heavy atom. The first-order chi connectivity index (χ1) is 14.1. The molecule has 0 atom stereocenters. The van der Waals surface area contributed by atoms with Crippen LogP contribution in [0, 0.1) is 0 Å². The van der Waals surface area contributed by atoms with Crippen LogP contribution in [0.3, 0.4) is 0 Å². The number of carboxylic acid groups (broad SMARTS) is 1. The molecule has 0 aliphatic rings. The molecule has 4 aromatic rings. The third-order valence-corrected chi connectivity index (χ3v) is 5.37. The number of rotatable bonds is 7. The molecule has 29 heavy (non-hydrogen) atoms. The molecule has 0 spiro atoms. The van der Waals surface area contributed by atoms with Gasteiger partial charge in [-0.1, -0.05) is 24.3 Å². The number of ether oxygens (including phenoxy) is 1. The molecule has 0 saturated heterocycles. The monoisotopic (exact) mass is 388 g/mol. The second-order valence-electron chi connectivity index (χ2n) is 7.19. The summed E-state index contributed by atoms with van der Waals surface area (Å²) in [4.78, 5) is 15.0. The molecular weight excluding hydrogens is 364 g/mol. The Morgan fingerprint density at radius 3 is 2.52 bits per heavy atom. The molecule has 4 N–H and O–H groups in total. The van der Waals surface area contributed by atoms with Gasteiger partial charge in [0.15, 0.2) is 0 Å². The number of aryl methyl sites for hydroxylation is 1. The van der Waals surface area contributed by atoms with E-state index in [4.69, 9.17) is 10.5 Å². The summed E-state index contributed by atoms with van der Waals surface area (Å²) in [6, 6.07) is 17.6. The lowest BCUT2D eigenvalue weighted by atomic mass is 9.97. The Balaban J connectivity index is 1.95. The second kappa shape index (κ2) is 7.97. The first-order valence-electron chi connectivity index (χ1n) is 9.77. The van der Waals surface area contributed by atoms with Gasteiger partial charge in [0.1, 0.15) is 5.75 Å². The molecule has 0 aliphatic carbocycles. The number of nitrogens with two attached hydrogens (primary N) is 1. The van der Waals surface area contributed by atoms with Crippen LogP contribution in [-0.4, -0.2) is 29.7 Å². The van der Waals surface area contributed by atoms with Crippen LogP contribution < -0.4 is 10.5 Å². The van der Waals surface area contributed by atoms with E-state index in [-0.39, 0.29) is 5.56 Å². The van der Waals surface area contributed by atoms with E-state index >= 15 is 0 Å². The fraction of sp³-hybridized carbons (Fsp3) is 0.208. The highest BCUT2D eigenvalue weighted by Gasteiger charge is 2.18. The van der Waals surface area contributed by atoms with E-state index in [0.29, 0.717) is 6.54 Å². The number of unbranched alkanes of at least 4 members (excludes halogenated alkanes) is 1. The van der Waals surface area contributed by atoms with Crippen molar-refractivity contribution in [2.24, 2.45) is 5.73 Å². The topological polar surface area (TPSA) is 88.3 Å². The Bertz CT molecular complexity index is 1190. The maximum Gasteiger partial charge on any atom is 0.335 e. The van der Waals surface area contributed by atoms with Crippen molar-refractivity contribution in [1.29, 1.82) is 0 Å². The van der Waals surface area contributed by atoms with Crippen molar-refractivity contribution in [1.82, 2.24) is 4.98 Å². The maximum atomic E-state index is 11.5. The summed E-state index contributed by atoms with van der Waals surface area (Å²) in [5.74, 6) is -0.139. The quantitative estimate of drug-likeness (QED) is 0.390. The molecule has 148 valence electrons. The smallest absolute Gasteiger partial charge is 0.335 e. The largest absolute Gasteiger partial charge is 0.496 e. The van der Waals surface area contributed by atoms with E-state index in [1.54, 1.807) is 19.2 Å². The molecular formula is C24H24N2O3. The van der Waals surface area contributed by atoms with E-state index in [1.165, 1.54) is 0 Å². The van der Waals surface area contributed by atoms with Crippen molar-refractivity contribution in [3.63, 3.8) is 0 Å². The van der Waals surface area contributed by atoms with Crippen molar-refractivity contribution < 1.29 is 14.6 Å². The molecule has 1 aromatic heterocycles. The van der Waals surface area contributed by atoms with Gasteiger partial charge in [-0.15, -0.1) is 0 Å². The summed E-state index contributed by atoms with van der Waals surface area (Å²) in [6.45, 7) is 0.636. The van der Waals surface area contributed by atoms with Crippen molar-refractivity contribution >= 4 is 27.6 Å². The van der Waals surface area contributed by atoms with Crippen LogP contribution in [0.5, 0.6) is 5.75 Å². The molecule has 4 rings (SSSR count). The minimum atomic E-state index is -0.925. The molecule has 0 unspecified atom stereocenters.